The van der Waals surface area contributed by atoms with Crippen molar-refractivity contribution < 1.29 is 14.7 Å². The number of fused-ring (bicyclic) bond motifs is 1. The number of carboxylic acid groups (broad SMARTS) is 1. The van der Waals surface area contributed by atoms with Gasteiger partial charge in [-0.05, 0) is 18.6 Å². The monoisotopic (exact) mass is 333 g/mol. The summed E-state index contributed by atoms with van der Waals surface area (Å²) in [4.78, 5) is 50.4. The third-order valence-corrected chi connectivity index (χ3v) is 3.65. The SMILES string of the molecule is CCC[C@H](C(=O)NCCC(=O)O)n1c(=O)[nH]c2ccccc2c1=O. The summed E-state index contributed by atoms with van der Waals surface area (Å²) < 4.78 is 0.905. The van der Waals surface area contributed by atoms with Gasteiger partial charge in [0, 0.05) is 6.54 Å². The quantitative estimate of drug-likeness (QED) is 0.686. The Morgan fingerprint density at radius 3 is 2.67 bits per heavy atom. The summed E-state index contributed by atoms with van der Waals surface area (Å²) in [5.74, 6) is -1.58. The highest BCUT2D eigenvalue weighted by molar-refractivity contribution is 5.82. The zero-order valence-electron chi connectivity index (χ0n) is 13.2. The molecular weight excluding hydrogens is 314 g/mol. The van der Waals surface area contributed by atoms with E-state index in [-0.39, 0.29) is 13.0 Å². The summed E-state index contributed by atoms with van der Waals surface area (Å²) >= 11 is 0. The van der Waals surface area contributed by atoms with Gasteiger partial charge in [-0.3, -0.25) is 14.4 Å². The molecule has 0 fully saturated rings. The molecule has 0 aliphatic heterocycles. The molecule has 1 heterocycles. The largest absolute Gasteiger partial charge is 0.481 e. The Bertz CT molecular complexity index is 868. The van der Waals surface area contributed by atoms with Crippen LogP contribution in [-0.4, -0.2) is 33.1 Å². The molecule has 0 bridgehead atoms. The Labute approximate surface area is 137 Å². The average molecular weight is 333 g/mol. The van der Waals surface area contributed by atoms with Crippen molar-refractivity contribution in [1.29, 1.82) is 0 Å². The van der Waals surface area contributed by atoms with Crippen molar-refractivity contribution in [2.75, 3.05) is 6.54 Å². The van der Waals surface area contributed by atoms with Crippen LogP contribution in [0.2, 0.25) is 0 Å². The van der Waals surface area contributed by atoms with Crippen molar-refractivity contribution in [3.05, 3.63) is 45.1 Å². The number of para-hydroxylation sites is 1. The van der Waals surface area contributed by atoms with E-state index >= 15 is 0 Å². The maximum atomic E-state index is 12.6. The molecule has 0 unspecified atom stereocenters. The summed E-state index contributed by atoms with van der Waals surface area (Å²) in [6.45, 7) is 1.77. The molecule has 8 heteroatoms. The Kier molecular flexibility index (Phi) is 5.51. The van der Waals surface area contributed by atoms with Gasteiger partial charge in [0.25, 0.3) is 5.56 Å². The summed E-state index contributed by atoms with van der Waals surface area (Å²) in [5, 5.41) is 11.4. The van der Waals surface area contributed by atoms with Crippen LogP contribution in [-0.2, 0) is 9.59 Å². The first-order valence-electron chi connectivity index (χ1n) is 7.68. The van der Waals surface area contributed by atoms with Crippen LogP contribution in [0.1, 0.15) is 32.2 Å². The molecule has 8 nitrogen and oxygen atoms in total. The smallest absolute Gasteiger partial charge is 0.329 e. The number of nitrogens with one attached hydrogen (secondary N) is 2. The van der Waals surface area contributed by atoms with Gasteiger partial charge in [0.1, 0.15) is 6.04 Å². The van der Waals surface area contributed by atoms with Crippen LogP contribution in [0.3, 0.4) is 0 Å². The Morgan fingerprint density at radius 2 is 2.00 bits per heavy atom. The summed E-state index contributed by atoms with van der Waals surface area (Å²) in [7, 11) is 0. The third-order valence-electron chi connectivity index (χ3n) is 3.65. The molecule has 1 amide bonds. The summed E-state index contributed by atoms with van der Waals surface area (Å²) in [6.07, 6.45) is 0.642. The van der Waals surface area contributed by atoms with Crippen molar-refractivity contribution in [1.82, 2.24) is 14.9 Å². The molecule has 2 rings (SSSR count). The number of carbonyl (C=O) groups is 2. The fourth-order valence-corrected chi connectivity index (χ4v) is 2.52. The molecule has 1 aromatic carbocycles. The summed E-state index contributed by atoms with van der Waals surface area (Å²) in [5.41, 5.74) is -0.794. The molecule has 0 aliphatic carbocycles. The number of nitrogens with zero attached hydrogens (tertiary/aromatic N) is 1. The van der Waals surface area contributed by atoms with Gasteiger partial charge in [-0.1, -0.05) is 25.5 Å². The van der Waals surface area contributed by atoms with E-state index in [2.05, 4.69) is 10.3 Å². The average Bonchev–Trinajstić information content (AvgIpc) is 2.53. The number of H-pyrrole nitrogens is 1. The molecule has 3 N–H and O–H groups in total. The number of rotatable bonds is 7. The van der Waals surface area contributed by atoms with Crippen LogP contribution in [0, 0.1) is 0 Å². The van der Waals surface area contributed by atoms with Crippen LogP contribution >= 0.6 is 0 Å². The molecule has 0 spiro atoms. The number of aromatic amines is 1. The van der Waals surface area contributed by atoms with Gasteiger partial charge in [-0.25, -0.2) is 9.36 Å². The van der Waals surface area contributed by atoms with Gasteiger partial charge in [0.05, 0.1) is 17.3 Å². The van der Waals surface area contributed by atoms with E-state index in [0.29, 0.717) is 23.7 Å². The third kappa shape index (κ3) is 3.70. The highest BCUT2D eigenvalue weighted by Crippen LogP contribution is 2.12. The number of hydrogen-bond acceptors (Lipinski definition) is 4. The Balaban J connectivity index is 2.42. The van der Waals surface area contributed by atoms with Crippen LogP contribution in [0.25, 0.3) is 10.9 Å². The van der Waals surface area contributed by atoms with E-state index < -0.39 is 29.2 Å². The van der Waals surface area contributed by atoms with Gasteiger partial charge >= 0.3 is 11.7 Å². The van der Waals surface area contributed by atoms with E-state index in [1.807, 2.05) is 6.92 Å². The number of carbonyl (C=O) groups excluding carboxylic acids is 1. The van der Waals surface area contributed by atoms with Gasteiger partial charge in [-0.15, -0.1) is 0 Å². The van der Waals surface area contributed by atoms with Gasteiger partial charge < -0.3 is 15.4 Å². The van der Waals surface area contributed by atoms with E-state index in [4.69, 9.17) is 5.11 Å². The van der Waals surface area contributed by atoms with Gasteiger partial charge in [0.15, 0.2) is 0 Å². The fourth-order valence-electron chi connectivity index (χ4n) is 2.52. The van der Waals surface area contributed by atoms with Crippen LogP contribution < -0.4 is 16.6 Å². The number of benzene rings is 1. The molecule has 0 radical (unpaired) electrons. The van der Waals surface area contributed by atoms with Crippen LogP contribution in [0.5, 0.6) is 0 Å². The Morgan fingerprint density at radius 1 is 1.29 bits per heavy atom. The van der Waals surface area contributed by atoms with E-state index in [9.17, 15) is 19.2 Å². The lowest BCUT2D eigenvalue weighted by atomic mass is 10.1. The highest BCUT2D eigenvalue weighted by atomic mass is 16.4. The molecule has 2 aromatic rings. The maximum absolute atomic E-state index is 12.6. The molecule has 1 aromatic heterocycles. The highest BCUT2D eigenvalue weighted by Gasteiger charge is 2.23. The maximum Gasteiger partial charge on any atom is 0.329 e. The minimum absolute atomic E-state index is 0.0609. The fraction of sp³-hybridized carbons (Fsp3) is 0.375. The molecule has 0 saturated carbocycles. The van der Waals surface area contributed by atoms with Crippen molar-refractivity contribution in [3.8, 4) is 0 Å². The van der Waals surface area contributed by atoms with Crippen molar-refractivity contribution in [2.24, 2.45) is 0 Å². The number of hydrogen-bond donors (Lipinski definition) is 3. The predicted molar refractivity (Wildman–Crippen MR) is 88.0 cm³/mol. The first kappa shape index (κ1) is 17.5. The summed E-state index contributed by atoms with van der Waals surface area (Å²) in [6, 6.07) is 5.59. The molecule has 128 valence electrons. The number of amides is 1. The van der Waals surface area contributed by atoms with E-state index in [1.54, 1.807) is 24.3 Å². The van der Waals surface area contributed by atoms with E-state index in [1.165, 1.54) is 0 Å². The second-order valence-electron chi connectivity index (χ2n) is 5.39. The molecule has 0 saturated heterocycles. The first-order valence-corrected chi connectivity index (χ1v) is 7.68. The second-order valence-corrected chi connectivity index (χ2v) is 5.39. The molecule has 24 heavy (non-hydrogen) atoms. The first-order chi connectivity index (χ1) is 11.5. The lowest BCUT2D eigenvalue weighted by molar-refractivity contribution is -0.137. The molecule has 0 aliphatic rings. The number of aromatic nitrogens is 2. The lowest BCUT2D eigenvalue weighted by Crippen LogP contribution is -2.44. The normalized spacial score (nSPS) is 12.0. The van der Waals surface area contributed by atoms with Crippen molar-refractivity contribution >= 4 is 22.8 Å². The standard InChI is InChI=1S/C16H19N3O5/c1-2-5-12(14(22)17-9-8-13(20)21)19-15(23)10-6-3-4-7-11(10)18-16(19)24/h3-4,6-7,12H,2,5,8-9H2,1H3,(H,17,22)(H,18,24)(H,20,21)/t12-/m1/s1. The zero-order chi connectivity index (χ0) is 17.7. The Hall–Kier alpha value is -2.90. The van der Waals surface area contributed by atoms with Gasteiger partial charge in [0.2, 0.25) is 5.91 Å². The number of aliphatic carboxylic acids is 1. The minimum Gasteiger partial charge on any atom is -0.481 e. The van der Waals surface area contributed by atoms with Crippen molar-refractivity contribution in [2.45, 2.75) is 32.2 Å². The molecule has 1 atom stereocenters. The van der Waals surface area contributed by atoms with Gasteiger partial charge in [-0.2, -0.15) is 0 Å². The van der Waals surface area contributed by atoms with Crippen LogP contribution in [0.4, 0.5) is 0 Å². The minimum atomic E-state index is -1.04. The number of carboxylic acids is 1. The topological polar surface area (TPSA) is 121 Å². The predicted octanol–water partition coefficient (Wildman–Crippen LogP) is 0.622. The zero-order valence-corrected chi connectivity index (χ0v) is 13.2. The van der Waals surface area contributed by atoms with Crippen LogP contribution in [0.15, 0.2) is 33.9 Å². The lowest BCUT2D eigenvalue weighted by Gasteiger charge is -2.18. The second kappa shape index (κ2) is 7.58. The molecular formula is C16H19N3O5. The van der Waals surface area contributed by atoms with Crippen molar-refractivity contribution in [3.63, 3.8) is 0 Å². The van der Waals surface area contributed by atoms with E-state index in [0.717, 1.165) is 4.57 Å².